The Morgan fingerprint density at radius 2 is 2.11 bits per heavy atom. The summed E-state index contributed by atoms with van der Waals surface area (Å²) >= 11 is 0. The van der Waals surface area contributed by atoms with Crippen LogP contribution in [0.25, 0.3) is 0 Å². The number of fused-ring (bicyclic) bond motifs is 1. The molecule has 0 aromatic heterocycles. The van der Waals surface area contributed by atoms with E-state index in [-0.39, 0.29) is 6.04 Å². The molecule has 2 atom stereocenters. The molecule has 0 radical (unpaired) electrons. The summed E-state index contributed by atoms with van der Waals surface area (Å²) in [5, 5.41) is 0. The predicted octanol–water partition coefficient (Wildman–Crippen LogP) is 3.21. The number of hydrogen-bond acceptors (Lipinski definition) is 2. The molecule has 1 heterocycles. The standard InChI is InChI=1S/C16H21NO/c17-14-7-3-1-5-12(9-14)10-15-11-13-6-2-4-8-16(13)18-15/h2,4,6,8-9,14-15H,1,3,5,7,10-11,17H2. The van der Waals surface area contributed by atoms with Gasteiger partial charge < -0.3 is 10.5 Å². The van der Waals surface area contributed by atoms with Crippen molar-refractivity contribution in [1.29, 1.82) is 0 Å². The molecule has 0 fully saturated rings. The van der Waals surface area contributed by atoms with E-state index in [4.69, 9.17) is 10.5 Å². The summed E-state index contributed by atoms with van der Waals surface area (Å²) in [6, 6.07) is 8.63. The summed E-state index contributed by atoms with van der Waals surface area (Å²) in [7, 11) is 0. The highest BCUT2D eigenvalue weighted by Crippen LogP contribution is 2.32. The number of hydrogen-bond donors (Lipinski definition) is 1. The van der Waals surface area contributed by atoms with Crippen LogP contribution in [-0.4, -0.2) is 12.1 Å². The van der Waals surface area contributed by atoms with Crippen molar-refractivity contribution in [3.63, 3.8) is 0 Å². The van der Waals surface area contributed by atoms with Crippen LogP contribution in [0.4, 0.5) is 0 Å². The van der Waals surface area contributed by atoms with Gasteiger partial charge in [-0.1, -0.05) is 36.3 Å². The van der Waals surface area contributed by atoms with E-state index in [1.54, 1.807) is 0 Å². The Balaban J connectivity index is 1.65. The third-order valence-corrected chi connectivity index (χ3v) is 3.94. The van der Waals surface area contributed by atoms with E-state index in [1.165, 1.54) is 30.4 Å². The molecule has 1 aromatic carbocycles. The lowest BCUT2D eigenvalue weighted by Gasteiger charge is -2.13. The Morgan fingerprint density at radius 3 is 3.00 bits per heavy atom. The molecule has 0 saturated carbocycles. The normalized spacial score (nSPS) is 27.1. The van der Waals surface area contributed by atoms with Crippen LogP contribution in [0, 0.1) is 0 Å². The van der Waals surface area contributed by atoms with Crippen LogP contribution in [0.5, 0.6) is 5.75 Å². The highest BCUT2D eigenvalue weighted by Gasteiger charge is 2.23. The van der Waals surface area contributed by atoms with Crippen LogP contribution in [-0.2, 0) is 6.42 Å². The minimum Gasteiger partial charge on any atom is -0.489 e. The molecule has 3 rings (SSSR count). The van der Waals surface area contributed by atoms with Crippen molar-refractivity contribution in [2.24, 2.45) is 5.73 Å². The van der Waals surface area contributed by atoms with E-state index in [0.29, 0.717) is 6.10 Å². The summed E-state index contributed by atoms with van der Waals surface area (Å²) in [5.41, 5.74) is 8.91. The third kappa shape index (κ3) is 2.59. The molecule has 1 aromatic rings. The van der Waals surface area contributed by atoms with E-state index < -0.39 is 0 Å². The van der Waals surface area contributed by atoms with Gasteiger partial charge in [-0.15, -0.1) is 0 Å². The van der Waals surface area contributed by atoms with Crippen LogP contribution in [0.15, 0.2) is 35.9 Å². The molecule has 0 spiro atoms. The van der Waals surface area contributed by atoms with Crippen LogP contribution in [0.3, 0.4) is 0 Å². The van der Waals surface area contributed by atoms with Crippen LogP contribution >= 0.6 is 0 Å². The average molecular weight is 243 g/mol. The Bertz CT molecular complexity index is 427. The van der Waals surface area contributed by atoms with Crippen molar-refractivity contribution in [3.05, 3.63) is 41.5 Å². The van der Waals surface area contributed by atoms with E-state index in [2.05, 4.69) is 24.3 Å². The molecule has 2 unspecified atom stereocenters. The molecule has 2 heteroatoms. The van der Waals surface area contributed by atoms with Crippen molar-refractivity contribution < 1.29 is 4.74 Å². The molecule has 18 heavy (non-hydrogen) atoms. The molecular weight excluding hydrogens is 222 g/mol. The Kier molecular flexibility index (Phi) is 3.37. The molecule has 2 aliphatic rings. The van der Waals surface area contributed by atoms with Gasteiger partial charge in [-0.25, -0.2) is 0 Å². The zero-order chi connectivity index (χ0) is 12.4. The van der Waals surface area contributed by atoms with Gasteiger partial charge in [-0.05, 0) is 30.9 Å². The lowest BCUT2D eigenvalue weighted by atomic mass is 10.00. The molecule has 0 saturated heterocycles. The van der Waals surface area contributed by atoms with E-state index in [0.717, 1.165) is 25.0 Å². The fourth-order valence-electron chi connectivity index (χ4n) is 3.03. The zero-order valence-electron chi connectivity index (χ0n) is 10.8. The molecule has 1 aliphatic carbocycles. The van der Waals surface area contributed by atoms with E-state index >= 15 is 0 Å². The first-order valence-corrected chi connectivity index (χ1v) is 7.01. The molecule has 2 nitrogen and oxygen atoms in total. The minimum atomic E-state index is 0.256. The smallest absolute Gasteiger partial charge is 0.123 e. The van der Waals surface area contributed by atoms with Gasteiger partial charge in [0.1, 0.15) is 11.9 Å². The van der Waals surface area contributed by atoms with Crippen LogP contribution in [0.2, 0.25) is 0 Å². The third-order valence-electron chi connectivity index (χ3n) is 3.94. The maximum Gasteiger partial charge on any atom is 0.123 e. The number of para-hydroxylation sites is 1. The second-order valence-electron chi connectivity index (χ2n) is 5.49. The molecule has 96 valence electrons. The quantitative estimate of drug-likeness (QED) is 0.809. The first-order valence-electron chi connectivity index (χ1n) is 7.01. The second kappa shape index (κ2) is 5.15. The van der Waals surface area contributed by atoms with Gasteiger partial charge in [-0.3, -0.25) is 0 Å². The predicted molar refractivity (Wildman–Crippen MR) is 73.7 cm³/mol. The monoisotopic (exact) mass is 243 g/mol. The van der Waals surface area contributed by atoms with Gasteiger partial charge in [-0.2, -0.15) is 0 Å². The van der Waals surface area contributed by atoms with Crippen molar-refractivity contribution in [2.75, 3.05) is 0 Å². The highest BCUT2D eigenvalue weighted by atomic mass is 16.5. The van der Waals surface area contributed by atoms with Crippen molar-refractivity contribution in [2.45, 2.75) is 50.7 Å². The SMILES string of the molecule is NC1C=C(CC2Cc3ccccc3O2)CCCC1. The van der Waals surface area contributed by atoms with Gasteiger partial charge in [0.05, 0.1) is 0 Å². The van der Waals surface area contributed by atoms with Crippen molar-refractivity contribution in [1.82, 2.24) is 0 Å². The number of nitrogens with two attached hydrogens (primary N) is 1. The Hall–Kier alpha value is -1.28. The maximum atomic E-state index is 6.07. The first-order chi connectivity index (χ1) is 8.81. The van der Waals surface area contributed by atoms with Gasteiger partial charge >= 0.3 is 0 Å². The van der Waals surface area contributed by atoms with E-state index in [9.17, 15) is 0 Å². The van der Waals surface area contributed by atoms with Gasteiger partial charge in [0, 0.05) is 18.9 Å². The van der Waals surface area contributed by atoms with Gasteiger partial charge in [0.25, 0.3) is 0 Å². The van der Waals surface area contributed by atoms with Crippen LogP contribution < -0.4 is 10.5 Å². The summed E-state index contributed by atoms with van der Waals surface area (Å²) in [6.45, 7) is 0. The maximum absolute atomic E-state index is 6.07. The summed E-state index contributed by atoms with van der Waals surface area (Å²) in [6.07, 6.45) is 9.55. The average Bonchev–Trinajstić information content (AvgIpc) is 2.65. The van der Waals surface area contributed by atoms with Crippen molar-refractivity contribution >= 4 is 0 Å². The van der Waals surface area contributed by atoms with Gasteiger partial charge in [0.2, 0.25) is 0 Å². The topological polar surface area (TPSA) is 35.2 Å². The molecule has 0 amide bonds. The lowest BCUT2D eigenvalue weighted by Crippen LogP contribution is -2.18. The lowest BCUT2D eigenvalue weighted by molar-refractivity contribution is 0.231. The molecule has 2 N–H and O–H groups in total. The molecule has 0 bridgehead atoms. The second-order valence-corrected chi connectivity index (χ2v) is 5.49. The van der Waals surface area contributed by atoms with Gasteiger partial charge in [0.15, 0.2) is 0 Å². The fourth-order valence-corrected chi connectivity index (χ4v) is 3.03. The van der Waals surface area contributed by atoms with Crippen LogP contribution in [0.1, 0.15) is 37.7 Å². The minimum absolute atomic E-state index is 0.256. The van der Waals surface area contributed by atoms with Crippen molar-refractivity contribution in [3.8, 4) is 5.75 Å². The number of benzene rings is 1. The summed E-state index contributed by atoms with van der Waals surface area (Å²) in [5.74, 6) is 1.07. The summed E-state index contributed by atoms with van der Waals surface area (Å²) < 4.78 is 6.00. The molecule has 1 aliphatic heterocycles. The largest absolute Gasteiger partial charge is 0.489 e. The Morgan fingerprint density at radius 1 is 1.22 bits per heavy atom. The molecular formula is C16H21NO. The zero-order valence-corrected chi connectivity index (χ0v) is 10.8. The fraction of sp³-hybridized carbons (Fsp3) is 0.500. The van der Waals surface area contributed by atoms with E-state index in [1.807, 2.05) is 6.07 Å². The summed E-state index contributed by atoms with van der Waals surface area (Å²) in [4.78, 5) is 0. The number of ether oxygens (including phenoxy) is 1. The Labute approximate surface area is 109 Å². The highest BCUT2D eigenvalue weighted by molar-refractivity contribution is 5.37. The first kappa shape index (κ1) is 11.8. The number of rotatable bonds is 2.